The summed E-state index contributed by atoms with van der Waals surface area (Å²) in [4.78, 5) is 31.6. The van der Waals surface area contributed by atoms with Crippen LogP contribution in [0, 0.1) is 0 Å². The van der Waals surface area contributed by atoms with Gasteiger partial charge in [-0.1, -0.05) is 51.1 Å². The fourth-order valence-corrected chi connectivity index (χ4v) is 2.49. The van der Waals surface area contributed by atoms with Crippen molar-refractivity contribution in [3.8, 4) is 0 Å². The predicted octanol–water partition coefficient (Wildman–Crippen LogP) is 3.43. The number of H-pyrrole nitrogens is 1. The highest BCUT2D eigenvalue weighted by Crippen LogP contribution is 2.20. The summed E-state index contributed by atoms with van der Waals surface area (Å²) in [6.45, 7) is 9.21. The monoisotopic (exact) mass is 358 g/mol. The number of carbonyl (C=O) groups is 2. The van der Waals surface area contributed by atoms with Crippen LogP contribution in [-0.4, -0.2) is 33.9 Å². The fourth-order valence-electron chi connectivity index (χ4n) is 2.49. The molecule has 0 radical (unpaired) electrons. The van der Waals surface area contributed by atoms with Crippen molar-refractivity contribution >= 4 is 11.8 Å². The molecule has 0 fully saturated rings. The molecule has 0 spiro atoms. The Labute approximate surface area is 153 Å². The van der Waals surface area contributed by atoms with Crippen LogP contribution in [0.1, 0.15) is 56.5 Å². The van der Waals surface area contributed by atoms with Gasteiger partial charge in [0.15, 0.2) is 6.10 Å². The van der Waals surface area contributed by atoms with Crippen molar-refractivity contribution in [3.63, 3.8) is 0 Å². The van der Waals surface area contributed by atoms with Gasteiger partial charge in [0, 0.05) is 12.3 Å². The Morgan fingerprint density at radius 1 is 1.19 bits per heavy atom. The number of aromatic amines is 1. The lowest BCUT2D eigenvalue weighted by Crippen LogP contribution is -2.37. The van der Waals surface area contributed by atoms with Gasteiger partial charge < -0.3 is 14.5 Å². The van der Waals surface area contributed by atoms with Crippen molar-refractivity contribution in [3.05, 3.63) is 53.6 Å². The first-order chi connectivity index (χ1) is 12.2. The summed E-state index contributed by atoms with van der Waals surface area (Å²) >= 11 is 0. The van der Waals surface area contributed by atoms with Crippen LogP contribution < -0.4 is 0 Å². The standard InChI is InChI=1S/C20H26N2O4/c1-13(26-14(2)23)18(25-12-15-9-7-6-8-10-15)17(24)16-11-21-19(22-16)20(3,4)5/h6-11,13,18H,12H2,1-5H3,(H,21,22)/t13-,18-/m0/s1. The van der Waals surface area contributed by atoms with Gasteiger partial charge in [-0.25, -0.2) is 4.98 Å². The zero-order valence-corrected chi connectivity index (χ0v) is 15.9. The van der Waals surface area contributed by atoms with Gasteiger partial charge in [0.25, 0.3) is 0 Å². The Bertz CT molecular complexity index is 747. The minimum absolute atomic E-state index is 0.208. The van der Waals surface area contributed by atoms with Crippen LogP contribution in [0.25, 0.3) is 0 Å². The van der Waals surface area contributed by atoms with Crippen LogP contribution in [0.15, 0.2) is 36.5 Å². The zero-order valence-electron chi connectivity index (χ0n) is 15.9. The molecular formula is C20H26N2O4. The molecule has 0 bridgehead atoms. The van der Waals surface area contributed by atoms with Crippen molar-refractivity contribution in [2.45, 2.75) is 58.8 Å². The van der Waals surface area contributed by atoms with Crippen LogP contribution >= 0.6 is 0 Å². The van der Waals surface area contributed by atoms with E-state index in [9.17, 15) is 9.59 Å². The third kappa shape index (κ3) is 5.26. The first-order valence-corrected chi connectivity index (χ1v) is 8.61. The van der Waals surface area contributed by atoms with Crippen molar-refractivity contribution < 1.29 is 19.1 Å². The smallest absolute Gasteiger partial charge is 0.302 e. The number of aromatic nitrogens is 2. The molecule has 6 heteroatoms. The maximum absolute atomic E-state index is 12.9. The average Bonchev–Trinajstić information content (AvgIpc) is 3.05. The van der Waals surface area contributed by atoms with Crippen molar-refractivity contribution in [2.75, 3.05) is 0 Å². The summed E-state index contributed by atoms with van der Waals surface area (Å²) in [5.41, 5.74) is 1.06. The second-order valence-electron chi connectivity index (χ2n) is 7.29. The molecule has 1 aromatic heterocycles. The van der Waals surface area contributed by atoms with Gasteiger partial charge in [-0.05, 0) is 12.5 Å². The van der Waals surface area contributed by atoms with E-state index < -0.39 is 18.2 Å². The van der Waals surface area contributed by atoms with E-state index in [0.29, 0.717) is 11.5 Å². The first-order valence-electron chi connectivity index (χ1n) is 8.61. The summed E-state index contributed by atoms with van der Waals surface area (Å²) < 4.78 is 11.0. The number of nitrogens with zero attached hydrogens (tertiary/aromatic N) is 1. The zero-order chi connectivity index (χ0) is 19.3. The Hall–Kier alpha value is -2.47. The fraction of sp³-hybridized carbons (Fsp3) is 0.450. The van der Waals surface area contributed by atoms with Crippen LogP contribution in [0.5, 0.6) is 0 Å². The van der Waals surface area contributed by atoms with Gasteiger partial charge in [0.1, 0.15) is 17.6 Å². The van der Waals surface area contributed by atoms with Gasteiger partial charge in [0.2, 0.25) is 5.78 Å². The van der Waals surface area contributed by atoms with Gasteiger partial charge >= 0.3 is 5.97 Å². The lowest BCUT2D eigenvalue weighted by atomic mass is 9.96. The van der Waals surface area contributed by atoms with Crippen molar-refractivity contribution in [1.29, 1.82) is 0 Å². The highest BCUT2D eigenvalue weighted by molar-refractivity contribution is 5.98. The summed E-state index contributed by atoms with van der Waals surface area (Å²) in [5.74, 6) is -0.0425. The molecule has 0 aliphatic rings. The normalized spacial score (nSPS) is 13.9. The minimum Gasteiger partial charge on any atom is -0.460 e. The number of ketones is 1. The quantitative estimate of drug-likeness (QED) is 0.606. The van der Waals surface area contributed by atoms with E-state index in [1.165, 1.54) is 13.1 Å². The lowest BCUT2D eigenvalue weighted by molar-refractivity contribution is -0.151. The van der Waals surface area contributed by atoms with E-state index in [1.54, 1.807) is 6.92 Å². The van der Waals surface area contributed by atoms with Crippen LogP contribution in [-0.2, 0) is 26.3 Å². The summed E-state index contributed by atoms with van der Waals surface area (Å²) in [6, 6.07) is 9.52. The lowest BCUT2D eigenvalue weighted by Gasteiger charge is -2.22. The maximum atomic E-state index is 12.9. The van der Waals surface area contributed by atoms with E-state index in [-0.39, 0.29) is 17.8 Å². The second-order valence-corrected chi connectivity index (χ2v) is 7.29. The Balaban J connectivity index is 2.20. The molecule has 2 atom stereocenters. The second kappa shape index (κ2) is 8.27. The third-order valence-corrected chi connectivity index (χ3v) is 3.86. The number of ether oxygens (including phenoxy) is 2. The number of Topliss-reactive ketones (excluding diaryl/α,β-unsaturated/α-hetero) is 1. The number of hydrogen-bond acceptors (Lipinski definition) is 5. The average molecular weight is 358 g/mol. The summed E-state index contributed by atoms with van der Waals surface area (Å²) in [7, 11) is 0. The maximum Gasteiger partial charge on any atom is 0.302 e. The van der Waals surface area contributed by atoms with Crippen LogP contribution in [0.3, 0.4) is 0 Å². The Morgan fingerprint density at radius 3 is 2.38 bits per heavy atom. The number of nitrogens with one attached hydrogen (secondary N) is 1. The summed E-state index contributed by atoms with van der Waals surface area (Å²) in [6.07, 6.45) is -0.139. The molecule has 1 aromatic carbocycles. The molecule has 1 heterocycles. The highest BCUT2D eigenvalue weighted by Gasteiger charge is 2.31. The molecule has 1 N–H and O–H groups in total. The largest absolute Gasteiger partial charge is 0.460 e. The molecule has 0 amide bonds. The van der Waals surface area contributed by atoms with E-state index in [2.05, 4.69) is 9.97 Å². The minimum atomic E-state index is -0.924. The molecule has 2 rings (SSSR count). The molecular weight excluding hydrogens is 332 g/mol. The molecule has 0 aliphatic carbocycles. The number of benzene rings is 1. The molecule has 26 heavy (non-hydrogen) atoms. The summed E-state index contributed by atoms with van der Waals surface area (Å²) in [5, 5.41) is 0. The van der Waals surface area contributed by atoms with Gasteiger partial charge in [-0.2, -0.15) is 0 Å². The van der Waals surface area contributed by atoms with E-state index in [0.717, 1.165) is 5.56 Å². The molecule has 140 valence electrons. The number of rotatable bonds is 7. The van der Waals surface area contributed by atoms with Crippen molar-refractivity contribution in [1.82, 2.24) is 9.97 Å². The van der Waals surface area contributed by atoms with E-state index >= 15 is 0 Å². The molecule has 6 nitrogen and oxygen atoms in total. The van der Waals surface area contributed by atoms with E-state index in [1.807, 2.05) is 51.1 Å². The number of imidazole rings is 1. The van der Waals surface area contributed by atoms with Crippen LogP contribution in [0.2, 0.25) is 0 Å². The third-order valence-electron chi connectivity index (χ3n) is 3.86. The highest BCUT2D eigenvalue weighted by atomic mass is 16.6. The van der Waals surface area contributed by atoms with Gasteiger partial charge in [-0.3, -0.25) is 9.59 Å². The Morgan fingerprint density at radius 2 is 1.85 bits per heavy atom. The molecule has 2 aromatic rings. The Kier molecular flexibility index (Phi) is 6.32. The first kappa shape index (κ1) is 19.8. The number of carbonyl (C=O) groups excluding carboxylic acids is 2. The topological polar surface area (TPSA) is 81.3 Å². The number of esters is 1. The van der Waals surface area contributed by atoms with E-state index in [4.69, 9.17) is 9.47 Å². The molecule has 0 saturated carbocycles. The van der Waals surface area contributed by atoms with Gasteiger partial charge in [0.05, 0.1) is 12.8 Å². The molecule has 0 saturated heterocycles. The predicted molar refractivity (Wildman–Crippen MR) is 97.9 cm³/mol. The molecule has 0 aliphatic heterocycles. The van der Waals surface area contributed by atoms with Crippen molar-refractivity contribution in [2.24, 2.45) is 0 Å². The number of hydrogen-bond donors (Lipinski definition) is 1. The SMILES string of the molecule is CC(=O)O[C@@H](C)[C@H](OCc1ccccc1)C(=O)c1cnc(C(C)(C)C)[nH]1. The van der Waals surface area contributed by atoms with Crippen LogP contribution in [0.4, 0.5) is 0 Å². The van der Waals surface area contributed by atoms with Gasteiger partial charge in [-0.15, -0.1) is 0 Å². The molecule has 0 unspecified atom stereocenters.